The number of ether oxygens (including phenoxy) is 1. The Morgan fingerprint density at radius 3 is 2.70 bits per heavy atom. The maximum atomic E-state index is 12.0. The van der Waals surface area contributed by atoms with Gasteiger partial charge in [-0.25, -0.2) is 0 Å². The van der Waals surface area contributed by atoms with E-state index in [1.165, 1.54) is 7.11 Å². The molecule has 3 atom stereocenters. The number of aliphatic hydroxyl groups excluding tert-OH is 2. The number of carbonyl (C=O) groups excluding carboxylic acids is 1. The van der Waals surface area contributed by atoms with Gasteiger partial charge in [0.25, 0.3) is 5.91 Å². The molecule has 0 radical (unpaired) electrons. The average Bonchev–Trinajstić information content (AvgIpc) is 2.67. The molecule has 2 N–H and O–H groups in total. The maximum Gasteiger partial charge on any atom is 0.284 e. The van der Waals surface area contributed by atoms with Crippen molar-refractivity contribution >= 4 is 5.91 Å². The van der Waals surface area contributed by atoms with Crippen molar-refractivity contribution in [3.63, 3.8) is 0 Å². The van der Waals surface area contributed by atoms with Crippen LogP contribution in [0.25, 0.3) is 0 Å². The molecule has 2 aliphatic rings. The van der Waals surface area contributed by atoms with E-state index in [1.807, 2.05) is 13.0 Å². The summed E-state index contributed by atoms with van der Waals surface area (Å²) in [5.74, 6) is -0.417. The normalized spacial score (nSPS) is 30.6. The molecule has 6 heteroatoms. The van der Waals surface area contributed by atoms with Gasteiger partial charge >= 0.3 is 0 Å². The third-order valence-corrected chi connectivity index (χ3v) is 3.16. The number of nitrogens with zero attached hydrogens (tertiary/aromatic N) is 1. The largest absolute Gasteiger partial charge is 0.481 e. The Morgan fingerprint density at radius 2 is 2.10 bits per heavy atom. The predicted molar refractivity (Wildman–Crippen MR) is 70.9 cm³/mol. The van der Waals surface area contributed by atoms with E-state index < -0.39 is 24.2 Å². The fourth-order valence-electron chi connectivity index (χ4n) is 2.16. The van der Waals surface area contributed by atoms with Gasteiger partial charge in [-0.2, -0.15) is 5.06 Å². The Kier molecular flexibility index (Phi) is 4.08. The molecule has 20 heavy (non-hydrogen) atoms. The Morgan fingerprint density at radius 1 is 1.40 bits per heavy atom. The molecule has 1 amide bonds. The van der Waals surface area contributed by atoms with Crippen molar-refractivity contribution in [1.82, 2.24) is 5.06 Å². The second-order valence-corrected chi connectivity index (χ2v) is 4.40. The zero-order valence-corrected chi connectivity index (χ0v) is 11.3. The summed E-state index contributed by atoms with van der Waals surface area (Å²) in [6.07, 6.45) is 3.54. The summed E-state index contributed by atoms with van der Waals surface area (Å²) < 4.78 is 5.56. The van der Waals surface area contributed by atoms with Gasteiger partial charge in [0.1, 0.15) is 24.0 Å². The highest BCUT2D eigenvalue weighted by Crippen LogP contribution is 2.37. The molecule has 0 aromatic heterocycles. The first-order valence-corrected chi connectivity index (χ1v) is 6.17. The molecular weight excluding hydrogens is 262 g/mol. The van der Waals surface area contributed by atoms with Gasteiger partial charge in [-0.1, -0.05) is 24.8 Å². The minimum atomic E-state index is -1.34. The van der Waals surface area contributed by atoms with Crippen LogP contribution in [-0.2, 0) is 14.4 Å². The summed E-state index contributed by atoms with van der Waals surface area (Å²) in [7, 11) is 1.31. The van der Waals surface area contributed by atoms with Gasteiger partial charge in [-0.3, -0.25) is 9.63 Å². The van der Waals surface area contributed by atoms with Crippen LogP contribution in [0.1, 0.15) is 6.92 Å². The van der Waals surface area contributed by atoms with Crippen LogP contribution in [0.15, 0.2) is 47.9 Å². The predicted octanol–water partition coefficient (Wildman–Crippen LogP) is 0.411. The maximum absolute atomic E-state index is 12.0. The summed E-state index contributed by atoms with van der Waals surface area (Å²) in [5, 5.41) is 21.0. The number of amides is 1. The monoisotopic (exact) mass is 279 g/mol. The molecule has 2 aliphatic heterocycles. The van der Waals surface area contributed by atoms with Crippen molar-refractivity contribution in [2.24, 2.45) is 0 Å². The molecule has 0 bridgehead atoms. The smallest absolute Gasteiger partial charge is 0.284 e. The number of aliphatic hydroxyl groups is 2. The quantitative estimate of drug-likeness (QED) is 0.732. The zero-order valence-electron chi connectivity index (χ0n) is 11.3. The average molecular weight is 279 g/mol. The number of carbonyl (C=O) groups is 1. The SMILES string of the molecule is C=C1C2=C(C(=O)N1OC)[C@H](O)[C@@H](O)C(/C=C/C=C/C)O2. The molecule has 108 valence electrons. The third kappa shape index (κ3) is 2.18. The Bertz CT molecular complexity index is 520. The molecule has 1 unspecified atom stereocenters. The molecule has 6 nitrogen and oxygen atoms in total. The van der Waals surface area contributed by atoms with Gasteiger partial charge in [0.15, 0.2) is 5.76 Å². The van der Waals surface area contributed by atoms with E-state index in [0.717, 1.165) is 5.06 Å². The van der Waals surface area contributed by atoms with Crippen LogP contribution in [0, 0.1) is 0 Å². The van der Waals surface area contributed by atoms with Crippen molar-refractivity contribution in [1.29, 1.82) is 0 Å². The minimum Gasteiger partial charge on any atom is -0.481 e. The van der Waals surface area contributed by atoms with Crippen molar-refractivity contribution < 1.29 is 24.6 Å². The van der Waals surface area contributed by atoms with Crippen molar-refractivity contribution in [2.45, 2.75) is 25.2 Å². The first kappa shape index (κ1) is 14.5. The number of hydroxylamine groups is 2. The third-order valence-electron chi connectivity index (χ3n) is 3.16. The summed E-state index contributed by atoms with van der Waals surface area (Å²) in [6, 6.07) is 0. The zero-order chi connectivity index (χ0) is 14.9. The van der Waals surface area contributed by atoms with E-state index in [4.69, 9.17) is 9.57 Å². The Balaban J connectivity index is 2.32. The van der Waals surface area contributed by atoms with Gasteiger partial charge in [-0.15, -0.1) is 0 Å². The lowest BCUT2D eigenvalue weighted by Gasteiger charge is -2.30. The second kappa shape index (κ2) is 5.62. The van der Waals surface area contributed by atoms with E-state index >= 15 is 0 Å². The lowest BCUT2D eigenvalue weighted by Crippen LogP contribution is -2.44. The highest BCUT2D eigenvalue weighted by atomic mass is 16.7. The van der Waals surface area contributed by atoms with Crippen LogP contribution < -0.4 is 0 Å². The van der Waals surface area contributed by atoms with Gasteiger partial charge in [0.2, 0.25) is 0 Å². The van der Waals surface area contributed by atoms with Crippen molar-refractivity contribution in [2.75, 3.05) is 7.11 Å². The van der Waals surface area contributed by atoms with Crippen LogP contribution in [-0.4, -0.2) is 46.6 Å². The van der Waals surface area contributed by atoms with E-state index in [1.54, 1.807) is 18.2 Å². The highest BCUT2D eigenvalue weighted by Gasteiger charge is 2.48. The summed E-state index contributed by atoms with van der Waals surface area (Å²) >= 11 is 0. The van der Waals surface area contributed by atoms with Crippen molar-refractivity contribution in [3.8, 4) is 0 Å². The first-order chi connectivity index (χ1) is 9.52. The molecule has 0 saturated carbocycles. The number of hydrogen-bond acceptors (Lipinski definition) is 5. The number of hydrogen-bond donors (Lipinski definition) is 2. The van der Waals surface area contributed by atoms with Gasteiger partial charge in [0, 0.05) is 0 Å². The Labute approximate surface area is 116 Å². The lowest BCUT2D eigenvalue weighted by molar-refractivity contribution is -0.159. The van der Waals surface area contributed by atoms with Crippen molar-refractivity contribution in [3.05, 3.63) is 47.9 Å². The summed E-state index contributed by atoms with van der Waals surface area (Å²) in [6.45, 7) is 5.55. The standard InChI is InChI=1S/C14H17NO5/c1-4-5-6-7-9-11(16)12(17)10-13(20-9)8(2)15(19-3)14(10)18/h4-7,9,11-12,16-17H,2H2,1,3H3/b5-4+,7-6+/t9?,11-,12-/m0/s1. The molecule has 2 rings (SSSR count). The lowest BCUT2D eigenvalue weighted by atomic mass is 9.96. The fraction of sp³-hybridized carbons (Fsp3) is 0.357. The minimum absolute atomic E-state index is 0.0277. The molecule has 0 aromatic carbocycles. The number of allylic oxidation sites excluding steroid dienone is 3. The Hall–Kier alpha value is -1.89. The van der Waals surface area contributed by atoms with Crippen LogP contribution in [0.2, 0.25) is 0 Å². The van der Waals surface area contributed by atoms with Gasteiger partial charge in [-0.05, 0) is 13.0 Å². The van der Waals surface area contributed by atoms with Gasteiger partial charge < -0.3 is 14.9 Å². The van der Waals surface area contributed by atoms with Gasteiger partial charge in [0.05, 0.1) is 12.7 Å². The first-order valence-electron chi connectivity index (χ1n) is 6.17. The summed E-state index contributed by atoms with van der Waals surface area (Å²) in [5.41, 5.74) is 0.183. The summed E-state index contributed by atoms with van der Waals surface area (Å²) in [4.78, 5) is 16.9. The molecule has 0 spiro atoms. The number of rotatable bonds is 3. The molecule has 0 aliphatic carbocycles. The van der Waals surface area contributed by atoms with Crippen LogP contribution >= 0.6 is 0 Å². The topological polar surface area (TPSA) is 79.2 Å². The molecular formula is C14H17NO5. The molecule has 0 saturated heterocycles. The fourth-order valence-corrected chi connectivity index (χ4v) is 2.16. The molecule has 0 aromatic rings. The van der Waals surface area contributed by atoms with Crippen LogP contribution in [0.5, 0.6) is 0 Å². The van der Waals surface area contributed by atoms with E-state index in [-0.39, 0.29) is 17.0 Å². The van der Waals surface area contributed by atoms with Crippen LogP contribution in [0.4, 0.5) is 0 Å². The highest BCUT2D eigenvalue weighted by molar-refractivity contribution is 6.00. The van der Waals surface area contributed by atoms with E-state index in [2.05, 4.69) is 6.58 Å². The second-order valence-electron chi connectivity index (χ2n) is 4.40. The molecule has 0 fully saturated rings. The van der Waals surface area contributed by atoms with E-state index in [9.17, 15) is 15.0 Å². The van der Waals surface area contributed by atoms with E-state index in [0.29, 0.717) is 0 Å². The molecule has 2 heterocycles. The van der Waals surface area contributed by atoms with Crippen LogP contribution in [0.3, 0.4) is 0 Å².